The van der Waals surface area contributed by atoms with E-state index in [0.717, 1.165) is 12.1 Å². The summed E-state index contributed by atoms with van der Waals surface area (Å²) in [6, 6.07) is 2.78. The molecule has 1 aliphatic rings. The second-order valence-electron chi connectivity index (χ2n) is 6.98. The summed E-state index contributed by atoms with van der Waals surface area (Å²) < 4.78 is 45.2. The van der Waals surface area contributed by atoms with E-state index in [1.54, 1.807) is 13.8 Å². The first kappa shape index (κ1) is 22.5. The number of carbonyl (C=O) groups is 3. The van der Waals surface area contributed by atoms with Gasteiger partial charge in [0.2, 0.25) is 5.91 Å². The second-order valence-corrected chi connectivity index (χ2v) is 6.98. The van der Waals surface area contributed by atoms with Gasteiger partial charge in [0.05, 0.1) is 7.11 Å². The van der Waals surface area contributed by atoms with E-state index in [4.69, 9.17) is 4.74 Å². The number of hydrogen-bond donors (Lipinski definition) is 1. The molecule has 0 radical (unpaired) electrons. The third-order valence-electron chi connectivity index (χ3n) is 4.58. The Hall–Kier alpha value is -2.78. The van der Waals surface area contributed by atoms with Crippen LogP contribution in [0.15, 0.2) is 24.3 Å². The van der Waals surface area contributed by atoms with E-state index in [2.05, 4.69) is 10.1 Å². The SMILES string of the molecule is COC(=O)[C@@H]1CCCN1C(=O)[C@@H](NC(=O)c1ccc(OC(F)(F)F)cc1)C(C)C. The smallest absolute Gasteiger partial charge is 0.467 e. The fourth-order valence-corrected chi connectivity index (χ4v) is 3.14. The Morgan fingerprint density at radius 3 is 2.31 bits per heavy atom. The first-order valence-corrected chi connectivity index (χ1v) is 9.08. The Morgan fingerprint density at radius 2 is 1.79 bits per heavy atom. The number of likely N-dealkylation sites (tertiary alicyclic amines) is 1. The molecule has 29 heavy (non-hydrogen) atoms. The van der Waals surface area contributed by atoms with Gasteiger partial charge in [-0.25, -0.2) is 4.79 Å². The van der Waals surface area contributed by atoms with Crippen molar-refractivity contribution in [1.82, 2.24) is 10.2 Å². The van der Waals surface area contributed by atoms with Crippen LogP contribution < -0.4 is 10.1 Å². The number of benzene rings is 1. The molecule has 1 aromatic rings. The van der Waals surface area contributed by atoms with E-state index in [1.165, 1.54) is 24.1 Å². The van der Waals surface area contributed by atoms with E-state index < -0.39 is 42.0 Å². The third-order valence-corrected chi connectivity index (χ3v) is 4.58. The van der Waals surface area contributed by atoms with Gasteiger partial charge >= 0.3 is 12.3 Å². The van der Waals surface area contributed by atoms with Crippen LogP contribution in [0.1, 0.15) is 37.0 Å². The number of nitrogens with zero attached hydrogens (tertiary/aromatic N) is 1. The van der Waals surface area contributed by atoms with Crippen LogP contribution in [-0.2, 0) is 14.3 Å². The summed E-state index contributed by atoms with van der Waals surface area (Å²) in [5.74, 6) is -2.27. The van der Waals surface area contributed by atoms with Gasteiger partial charge in [0.25, 0.3) is 5.91 Å². The normalized spacial score (nSPS) is 17.8. The highest BCUT2D eigenvalue weighted by Gasteiger charge is 2.39. The maximum absolute atomic E-state index is 13.0. The summed E-state index contributed by atoms with van der Waals surface area (Å²) >= 11 is 0. The lowest BCUT2D eigenvalue weighted by molar-refractivity contribution is -0.274. The molecule has 1 heterocycles. The number of nitrogens with one attached hydrogen (secondary N) is 1. The number of alkyl halides is 3. The van der Waals surface area contributed by atoms with Gasteiger partial charge in [-0.3, -0.25) is 9.59 Å². The minimum absolute atomic E-state index is 0.0731. The fourth-order valence-electron chi connectivity index (χ4n) is 3.14. The van der Waals surface area contributed by atoms with Crippen molar-refractivity contribution in [2.75, 3.05) is 13.7 Å². The molecule has 1 saturated heterocycles. The van der Waals surface area contributed by atoms with Gasteiger partial charge in [0, 0.05) is 12.1 Å². The van der Waals surface area contributed by atoms with Crippen molar-refractivity contribution in [3.8, 4) is 5.75 Å². The number of amides is 2. The summed E-state index contributed by atoms with van der Waals surface area (Å²) in [6.45, 7) is 3.86. The molecule has 0 bridgehead atoms. The summed E-state index contributed by atoms with van der Waals surface area (Å²) in [4.78, 5) is 38.8. The van der Waals surface area contributed by atoms with Crippen molar-refractivity contribution in [2.45, 2.75) is 45.1 Å². The molecule has 2 atom stereocenters. The number of hydrogen-bond acceptors (Lipinski definition) is 5. The van der Waals surface area contributed by atoms with E-state index in [-0.39, 0.29) is 11.5 Å². The predicted molar refractivity (Wildman–Crippen MR) is 96.0 cm³/mol. The summed E-state index contributed by atoms with van der Waals surface area (Å²) in [6.07, 6.45) is -3.70. The van der Waals surface area contributed by atoms with Crippen LogP contribution in [0.5, 0.6) is 5.75 Å². The van der Waals surface area contributed by atoms with Crippen LogP contribution in [0, 0.1) is 5.92 Å². The Bertz CT molecular complexity index is 749. The summed E-state index contributed by atoms with van der Waals surface area (Å²) in [5, 5.41) is 2.61. The maximum atomic E-state index is 13.0. The van der Waals surface area contributed by atoms with Crippen molar-refractivity contribution >= 4 is 17.8 Å². The molecule has 0 aromatic heterocycles. The van der Waals surface area contributed by atoms with Gasteiger partial charge in [-0.05, 0) is 43.0 Å². The van der Waals surface area contributed by atoms with Gasteiger partial charge in [-0.2, -0.15) is 0 Å². The number of halogens is 3. The van der Waals surface area contributed by atoms with Crippen molar-refractivity contribution in [3.63, 3.8) is 0 Å². The summed E-state index contributed by atoms with van der Waals surface area (Å²) in [7, 11) is 1.25. The average molecular weight is 416 g/mol. The highest BCUT2D eigenvalue weighted by molar-refractivity contribution is 5.98. The van der Waals surface area contributed by atoms with Crippen LogP contribution in [0.4, 0.5) is 13.2 Å². The van der Waals surface area contributed by atoms with Crippen molar-refractivity contribution in [1.29, 1.82) is 0 Å². The largest absolute Gasteiger partial charge is 0.573 e. The molecular formula is C19H23F3N2O5. The quantitative estimate of drug-likeness (QED) is 0.721. The standard InChI is InChI=1S/C19H23F3N2O5/c1-11(2)15(17(26)24-10-4-5-14(24)18(27)28-3)23-16(25)12-6-8-13(9-7-12)29-19(20,21)22/h6-9,11,14-15H,4-5,10H2,1-3H3,(H,23,25)/t14-,15-/m0/s1. The molecule has 0 aliphatic carbocycles. The molecular weight excluding hydrogens is 393 g/mol. The molecule has 1 aromatic carbocycles. The predicted octanol–water partition coefficient (Wildman–Crippen LogP) is 2.50. The van der Waals surface area contributed by atoms with E-state index in [0.29, 0.717) is 19.4 Å². The second kappa shape index (κ2) is 9.15. The van der Waals surface area contributed by atoms with Crippen molar-refractivity contribution in [3.05, 3.63) is 29.8 Å². The molecule has 0 saturated carbocycles. The Kier molecular flexibility index (Phi) is 7.10. The van der Waals surface area contributed by atoms with Crippen LogP contribution in [0.3, 0.4) is 0 Å². The Labute approximate surface area is 166 Å². The van der Waals surface area contributed by atoms with E-state index >= 15 is 0 Å². The first-order chi connectivity index (χ1) is 13.5. The van der Waals surface area contributed by atoms with Crippen molar-refractivity contribution in [2.24, 2.45) is 5.92 Å². The van der Waals surface area contributed by atoms with Gasteiger partial charge in [-0.15, -0.1) is 13.2 Å². The van der Waals surface area contributed by atoms with Crippen LogP contribution in [0.2, 0.25) is 0 Å². The molecule has 2 rings (SSSR count). The zero-order valence-corrected chi connectivity index (χ0v) is 16.3. The average Bonchev–Trinajstić information content (AvgIpc) is 3.13. The Morgan fingerprint density at radius 1 is 1.17 bits per heavy atom. The number of carbonyl (C=O) groups excluding carboxylic acids is 3. The maximum Gasteiger partial charge on any atom is 0.573 e. The molecule has 0 unspecified atom stereocenters. The number of ether oxygens (including phenoxy) is 2. The first-order valence-electron chi connectivity index (χ1n) is 9.08. The molecule has 10 heteroatoms. The molecule has 0 spiro atoms. The Balaban J connectivity index is 2.10. The molecule has 1 aliphatic heterocycles. The molecule has 1 N–H and O–H groups in total. The number of rotatable bonds is 6. The molecule has 160 valence electrons. The minimum Gasteiger partial charge on any atom is -0.467 e. The van der Waals surface area contributed by atoms with Gasteiger partial charge in [0.1, 0.15) is 17.8 Å². The highest BCUT2D eigenvalue weighted by Crippen LogP contribution is 2.24. The van der Waals surface area contributed by atoms with Gasteiger partial charge in [0.15, 0.2) is 0 Å². The topological polar surface area (TPSA) is 84.9 Å². The molecule has 7 nitrogen and oxygen atoms in total. The summed E-state index contributed by atoms with van der Waals surface area (Å²) in [5.41, 5.74) is 0.0731. The molecule has 2 amide bonds. The van der Waals surface area contributed by atoms with Crippen LogP contribution >= 0.6 is 0 Å². The number of esters is 1. The lowest BCUT2D eigenvalue weighted by atomic mass is 10.0. The van der Waals surface area contributed by atoms with Crippen molar-refractivity contribution < 1.29 is 37.0 Å². The molecule has 1 fully saturated rings. The minimum atomic E-state index is -4.83. The van der Waals surface area contributed by atoms with E-state index in [1.807, 2.05) is 0 Å². The van der Waals surface area contributed by atoms with Crippen LogP contribution in [-0.4, -0.2) is 54.8 Å². The zero-order chi connectivity index (χ0) is 21.8. The third kappa shape index (κ3) is 5.85. The van der Waals surface area contributed by atoms with Gasteiger partial charge in [-0.1, -0.05) is 13.8 Å². The zero-order valence-electron chi connectivity index (χ0n) is 16.3. The van der Waals surface area contributed by atoms with Gasteiger partial charge < -0.3 is 19.7 Å². The van der Waals surface area contributed by atoms with Crippen LogP contribution in [0.25, 0.3) is 0 Å². The fraction of sp³-hybridized carbons (Fsp3) is 0.526. The lowest BCUT2D eigenvalue weighted by Crippen LogP contribution is -2.53. The monoisotopic (exact) mass is 416 g/mol. The van der Waals surface area contributed by atoms with E-state index in [9.17, 15) is 27.6 Å². The lowest BCUT2D eigenvalue weighted by Gasteiger charge is -2.29. The highest BCUT2D eigenvalue weighted by atomic mass is 19.4. The number of methoxy groups -OCH3 is 1.